The van der Waals surface area contributed by atoms with Crippen LogP contribution in [0.15, 0.2) is 48.7 Å². The highest BCUT2D eigenvalue weighted by molar-refractivity contribution is 6.32. The smallest absolute Gasteiger partial charge is 0.229 e. The average Bonchev–Trinajstić information content (AvgIpc) is 2.79. The van der Waals surface area contributed by atoms with Gasteiger partial charge in [-0.1, -0.05) is 23.7 Å². The number of morpholine rings is 1. The number of nitrogens with one attached hydrogen (secondary N) is 2. The van der Waals surface area contributed by atoms with Crippen molar-refractivity contribution >= 4 is 34.7 Å². The minimum absolute atomic E-state index is 0.523. The van der Waals surface area contributed by atoms with Gasteiger partial charge in [-0.25, -0.2) is 4.98 Å². The summed E-state index contributed by atoms with van der Waals surface area (Å²) in [4.78, 5) is 11.4. The first-order valence-electron chi connectivity index (χ1n) is 10.2. The molecule has 2 N–H and O–H groups in total. The zero-order valence-corrected chi connectivity index (χ0v) is 18.4. The largest absolute Gasteiger partial charge is 0.495 e. The Hall–Kier alpha value is -2.87. The Labute approximate surface area is 187 Å². The van der Waals surface area contributed by atoms with E-state index < -0.39 is 0 Å². The molecule has 8 heteroatoms. The lowest BCUT2D eigenvalue weighted by atomic mass is 10.2. The van der Waals surface area contributed by atoms with Crippen LogP contribution in [-0.2, 0) is 11.3 Å². The number of methoxy groups -OCH3 is 1. The molecule has 1 aliphatic rings. The minimum atomic E-state index is 0.523. The fraction of sp³-hybridized carbons (Fsp3) is 0.304. The average molecular weight is 440 g/mol. The number of rotatable bonds is 7. The van der Waals surface area contributed by atoms with Crippen molar-refractivity contribution in [3.05, 3.63) is 64.8 Å². The first-order valence-corrected chi connectivity index (χ1v) is 10.6. The summed E-state index contributed by atoms with van der Waals surface area (Å²) in [6.07, 6.45) is 1.79. The summed E-state index contributed by atoms with van der Waals surface area (Å²) in [7, 11) is 1.59. The van der Waals surface area contributed by atoms with Crippen LogP contribution in [0.1, 0.15) is 11.1 Å². The molecule has 1 aromatic heterocycles. The Kier molecular flexibility index (Phi) is 6.86. The van der Waals surface area contributed by atoms with Crippen LogP contribution in [0, 0.1) is 6.92 Å². The van der Waals surface area contributed by atoms with Gasteiger partial charge < -0.3 is 20.1 Å². The highest BCUT2D eigenvalue weighted by atomic mass is 35.5. The van der Waals surface area contributed by atoms with Gasteiger partial charge in [-0.3, -0.25) is 4.90 Å². The van der Waals surface area contributed by atoms with Gasteiger partial charge in [-0.15, -0.1) is 0 Å². The number of halogens is 1. The van der Waals surface area contributed by atoms with Crippen molar-refractivity contribution in [3.8, 4) is 5.75 Å². The molecule has 0 radical (unpaired) electrons. The van der Waals surface area contributed by atoms with E-state index in [1.54, 1.807) is 19.4 Å². The highest BCUT2D eigenvalue weighted by Crippen LogP contribution is 2.29. The van der Waals surface area contributed by atoms with E-state index in [0.29, 0.717) is 22.5 Å². The molecule has 0 amide bonds. The molecule has 1 aliphatic heterocycles. The maximum absolute atomic E-state index is 6.12. The van der Waals surface area contributed by atoms with Gasteiger partial charge in [0.25, 0.3) is 0 Å². The van der Waals surface area contributed by atoms with Crippen LogP contribution in [0.3, 0.4) is 0 Å². The molecule has 7 nitrogen and oxygen atoms in total. The summed E-state index contributed by atoms with van der Waals surface area (Å²) >= 11 is 6.12. The number of aryl methyl sites for hydroxylation is 1. The Morgan fingerprint density at radius 3 is 2.55 bits per heavy atom. The van der Waals surface area contributed by atoms with Gasteiger partial charge in [0.1, 0.15) is 11.6 Å². The van der Waals surface area contributed by atoms with Gasteiger partial charge >= 0.3 is 0 Å². The predicted octanol–water partition coefficient (Wildman–Crippen LogP) is 4.77. The monoisotopic (exact) mass is 439 g/mol. The minimum Gasteiger partial charge on any atom is -0.495 e. The normalized spacial score (nSPS) is 14.3. The first-order chi connectivity index (χ1) is 15.1. The second-order valence-corrected chi connectivity index (χ2v) is 7.82. The molecular weight excluding hydrogens is 414 g/mol. The molecule has 162 valence electrons. The summed E-state index contributed by atoms with van der Waals surface area (Å²) in [6, 6.07) is 13.9. The molecular formula is C23H26ClN5O2. The fourth-order valence-electron chi connectivity index (χ4n) is 3.34. The molecule has 1 fully saturated rings. The molecule has 2 aromatic carbocycles. The summed E-state index contributed by atoms with van der Waals surface area (Å²) in [5.41, 5.74) is 3.98. The number of anilines is 4. The maximum Gasteiger partial charge on any atom is 0.229 e. The van der Waals surface area contributed by atoms with Gasteiger partial charge in [0.2, 0.25) is 5.95 Å². The topological polar surface area (TPSA) is 71.5 Å². The molecule has 0 bridgehead atoms. The van der Waals surface area contributed by atoms with E-state index in [0.717, 1.165) is 49.8 Å². The summed E-state index contributed by atoms with van der Waals surface area (Å²) < 4.78 is 10.7. The lowest BCUT2D eigenvalue weighted by Gasteiger charge is -2.26. The van der Waals surface area contributed by atoms with E-state index in [2.05, 4.69) is 49.8 Å². The van der Waals surface area contributed by atoms with E-state index in [9.17, 15) is 0 Å². The number of hydrogen-bond donors (Lipinski definition) is 2. The predicted molar refractivity (Wildman–Crippen MR) is 124 cm³/mol. The van der Waals surface area contributed by atoms with Crippen LogP contribution in [-0.4, -0.2) is 48.3 Å². The summed E-state index contributed by atoms with van der Waals surface area (Å²) in [5.74, 6) is 1.84. The van der Waals surface area contributed by atoms with Crippen molar-refractivity contribution < 1.29 is 9.47 Å². The van der Waals surface area contributed by atoms with E-state index in [1.807, 2.05) is 19.1 Å². The lowest BCUT2D eigenvalue weighted by molar-refractivity contribution is 0.0342. The molecule has 4 rings (SSSR count). The summed E-state index contributed by atoms with van der Waals surface area (Å²) in [5, 5.41) is 7.15. The van der Waals surface area contributed by atoms with Gasteiger partial charge in [0, 0.05) is 48.8 Å². The zero-order chi connectivity index (χ0) is 21.6. The number of ether oxygens (including phenoxy) is 2. The third kappa shape index (κ3) is 5.64. The Morgan fingerprint density at radius 2 is 1.81 bits per heavy atom. The van der Waals surface area contributed by atoms with Gasteiger partial charge in [0.15, 0.2) is 0 Å². The summed E-state index contributed by atoms with van der Waals surface area (Å²) in [6.45, 7) is 6.47. The molecule has 1 saturated heterocycles. The van der Waals surface area contributed by atoms with Gasteiger partial charge in [-0.2, -0.15) is 4.98 Å². The Morgan fingerprint density at radius 1 is 1.06 bits per heavy atom. The highest BCUT2D eigenvalue weighted by Gasteiger charge is 2.11. The van der Waals surface area contributed by atoms with Crippen molar-refractivity contribution in [1.82, 2.24) is 14.9 Å². The van der Waals surface area contributed by atoms with Crippen LogP contribution in [0.25, 0.3) is 0 Å². The van der Waals surface area contributed by atoms with Crippen LogP contribution >= 0.6 is 11.6 Å². The van der Waals surface area contributed by atoms with Crippen LogP contribution in [0.2, 0.25) is 5.02 Å². The molecule has 3 aromatic rings. The van der Waals surface area contributed by atoms with E-state index in [4.69, 9.17) is 21.1 Å². The van der Waals surface area contributed by atoms with Crippen molar-refractivity contribution in [2.75, 3.05) is 44.0 Å². The molecule has 0 atom stereocenters. The number of nitrogens with zero attached hydrogens (tertiary/aromatic N) is 3. The van der Waals surface area contributed by atoms with E-state index in [-0.39, 0.29) is 0 Å². The molecule has 31 heavy (non-hydrogen) atoms. The van der Waals surface area contributed by atoms with Crippen LogP contribution in [0.5, 0.6) is 5.75 Å². The van der Waals surface area contributed by atoms with E-state index in [1.165, 1.54) is 5.56 Å². The van der Waals surface area contributed by atoms with Crippen molar-refractivity contribution in [2.45, 2.75) is 13.5 Å². The number of hydrogen-bond acceptors (Lipinski definition) is 7. The zero-order valence-electron chi connectivity index (χ0n) is 17.7. The maximum atomic E-state index is 6.12. The Balaban J connectivity index is 1.43. The van der Waals surface area contributed by atoms with Crippen LogP contribution < -0.4 is 15.4 Å². The second kappa shape index (κ2) is 9.96. The van der Waals surface area contributed by atoms with Gasteiger partial charge in [-0.05, 0) is 36.8 Å². The standard InChI is InChI=1S/C23H26ClN5O2/c1-16-14-25-23(28-22(16)26-19-7-8-20(24)21(13-19)30-2)27-18-5-3-17(4-6-18)15-29-9-11-31-12-10-29/h3-8,13-14H,9-12,15H2,1-2H3,(H2,25,26,27,28). The SMILES string of the molecule is COc1cc(Nc2nc(Nc3ccc(CN4CCOCC4)cc3)ncc2C)ccc1Cl. The third-order valence-corrected chi connectivity index (χ3v) is 5.42. The van der Waals surface area contributed by atoms with Crippen molar-refractivity contribution in [2.24, 2.45) is 0 Å². The molecule has 2 heterocycles. The number of aromatic nitrogens is 2. The quantitative estimate of drug-likeness (QED) is 0.549. The molecule has 0 aliphatic carbocycles. The lowest BCUT2D eigenvalue weighted by Crippen LogP contribution is -2.35. The van der Waals surface area contributed by atoms with E-state index >= 15 is 0 Å². The van der Waals surface area contributed by atoms with Crippen molar-refractivity contribution in [1.29, 1.82) is 0 Å². The Bertz CT molecular complexity index is 1020. The van der Waals surface area contributed by atoms with Crippen LogP contribution in [0.4, 0.5) is 23.1 Å². The molecule has 0 spiro atoms. The van der Waals surface area contributed by atoms with Gasteiger partial charge in [0.05, 0.1) is 25.3 Å². The molecule has 0 unspecified atom stereocenters. The molecule has 0 saturated carbocycles. The third-order valence-electron chi connectivity index (χ3n) is 5.11. The number of benzene rings is 2. The fourth-order valence-corrected chi connectivity index (χ4v) is 3.54. The second-order valence-electron chi connectivity index (χ2n) is 7.41. The van der Waals surface area contributed by atoms with Crippen molar-refractivity contribution in [3.63, 3.8) is 0 Å². The first kappa shape index (κ1) is 21.4.